The first-order valence-electron chi connectivity index (χ1n) is 10.4. The molecule has 31 heavy (non-hydrogen) atoms. The Kier molecular flexibility index (Phi) is 5.96. The van der Waals surface area contributed by atoms with E-state index >= 15 is 0 Å². The van der Waals surface area contributed by atoms with E-state index in [0.29, 0.717) is 16.5 Å². The normalized spacial score (nSPS) is 22.5. The summed E-state index contributed by atoms with van der Waals surface area (Å²) in [5.74, 6) is -0.724. The van der Waals surface area contributed by atoms with Crippen LogP contribution in [0.3, 0.4) is 0 Å². The smallest absolute Gasteiger partial charge is 0.341 e. The number of esters is 1. The molecule has 2 aromatic rings. The van der Waals surface area contributed by atoms with Crippen LogP contribution in [0.1, 0.15) is 71.1 Å². The van der Waals surface area contributed by atoms with Crippen molar-refractivity contribution in [3.63, 3.8) is 0 Å². The number of fused-ring (bicyclic) bond motifs is 2. The van der Waals surface area contributed by atoms with E-state index in [9.17, 15) is 18.4 Å². The number of alkyl halides is 2. The van der Waals surface area contributed by atoms with Crippen LogP contribution in [0.15, 0.2) is 0 Å². The molecule has 1 aliphatic carbocycles. The van der Waals surface area contributed by atoms with Gasteiger partial charge in [-0.1, -0.05) is 6.92 Å². The minimum atomic E-state index is -2.62. The van der Waals surface area contributed by atoms with Crippen LogP contribution in [-0.2, 0) is 17.6 Å². The Hall–Kier alpha value is -2.56. The van der Waals surface area contributed by atoms with Gasteiger partial charge < -0.3 is 15.4 Å². The maximum absolute atomic E-state index is 13.4. The van der Waals surface area contributed by atoms with Crippen molar-refractivity contribution in [1.82, 2.24) is 14.8 Å². The minimum absolute atomic E-state index is 0.138. The summed E-state index contributed by atoms with van der Waals surface area (Å²) in [5.41, 5.74) is 1.30. The lowest BCUT2D eigenvalue weighted by molar-refractivity contribution is 0.0526. The number of amides is 1. The number of carbonyl (C=O) groups is 2. The zero-order valence-electron chi connectivity index (χ0n) is 17.6. The van der Waals surface area contributed by atoms with Gasteiger partial charge in [0.25, 0.3) is 12.3 Å². The van der Waals surface area contributed by atoms with Gasteiger partial charge in [0, 0.05) is 10.9 Å². The quantitative estimate of drug-likeness (QED) is 0.667. The van der Waals surface area contributed by atoms with Gasteiger partial charge in [0.2, 0.25) is 11.8 Å². The van der Waals surface area contributed by atoms with Crippen LogP contribution >= 0.6 is 11.3 Å². The van der Waals surface area contributed by atoms with E-state index in [1.54, 1.807) is 13.8 Å². The highest BCUT2D eigenvalue weighted by Gasteiger charge is 2.35. The Bertz CT molecular complexity index is 1010. The molecule has 0 spiro atoms. The third kappa shape index (κ3) is 4.15. The fourth-order valence-electron chi connectivity index (χ4n) is 4.12. The summed E-state index contributed by atoms with van der Waals surface area (Å²) < 4.78 is 33.2. The fraction of sp³-hybridized carbons (Fsp3) is 0.600. The molecule has 3 heterocycles. The lowest BCUT2D eigenvalue weighted by Crippen LogP contribution is -2.33. The number of thiophene rings is 1. The van der Waals surface area contributed by atoms with Crippen LogP contribution < -0.4 is 10.6 Å². The average Bonchev–Trinajstić information content (AvgIpc) is 3.27. The maximum atomic E-state index is 13.4. The number of ether oxygens (including phenoxy) is 1. The molecule has 0 aromatic carbocycles. The zero-order chi connectivity index (χ0) is 22.3. The third-order valence-corrected chi connectivity index (χ3v) is 6.80. The topological polar surface area (TPSA) is 98.1 Å². The molecule has 0 fully saturated rings. The van der Waals surface area contributed by atoms with Gasteiger partial charge in [0.05, 0.1) is 12.2 Å². The van der Waals surface area contributed by atoms with E-state index in [0.717, 1.165) is 34.4 Å². The van der Waals surface area contributed by atoms with Gasteiger partial charge in [-0.15, -0.1) is 16.4 Å². The van der Waals surface area contributed by atoms with Crippen molar-refractivity contribution in [3.8, 4) is 0 Å². The lowest BCUT2D eigenvalue weighted by atomic mass is 9.88. The second-order valence-electron chi connectivity index (χ2n) is 8.12. The van der Waals surface area contributed by atoms with Gasteiger partial charge in [-0.25, -0.2) is 18.3 Å². The van der Waals surface area contributed by atoms with E-state index < -0.39 is 24.3 Å². The van der Waals surface area contributed by atoms with Gasteiger partial charge >= 0.3 is 5.97 Å². The predicted molar refractivity (Wildman–Crippen MR) is 112 cm³/mol. The van der Waals surface area contributed by atoms with E-state index in [-0.39, 0.29) is 30.8 Å². The Morgan fingerprint density at radius 2 is 2.16 bits per heavy atom. The zero-order valence-corrected chi connectivity index (χ0v) is 18.4. The van der Waals surface area contributed by atoms with Gasteiger partial charge in [-0.2, -0.15) is 4.98 Å². The molecule has 1 aliphatic heterocycles. The molecule has 2 N–H and O–H groups in total. The van der Waals surface area contributed by atoms with Crippen molar-refractivity contribution >= 4 is 34.2 Å². The molecule has 2 aromatic heterocycles. The third-order valence-electron chi connectivity index (χ3n) is 5.63. The van der Waals surface area contributed by atoms with Crippen molar-refractivity contribution in [1.29, 1.82) is 0 Å². The molecule has 8 nitrogen and oxygen atoms in total. The molecule has 1 amide bonds. The largest absolute Gasteiger partial charge is 0.462 e. The molecular formula is C20H25F2N5O3S. The van der Waals surface area contributed by atoms with Crippen LogP contribution in [0.25, 0.3) is 0 Å². The van der Waals surface area contributed by atoms with Crippen molar-refractivity contribution in [2.45, 2.75) is 65.0 Å². The van der Waals surface area contributed by atoms with Crippen LogP contribution in [0.5, 0.6) is 0 Å². The summed E-state index contributed by atoms with van der Waals surface area (Å²) in [5, 5.41) is 10.1. The first-order chi connectivity index (χ1) is 14.8. The number of carbonyl (C=O) groups excluding carboxylic acids is 2. The summed E-state index contributed by atoms with van der Waals surface area (Å²) in [4.78, 5) is 30.7. The molecule has 2 aliphatic rings. The first-order valence-corrected chi connectivity index (χ1v) is 11.2. The number of anilines is 2. The van der Waals surface area contributed by atoms with E-state index in [2.05, 4.69) is 27.6 Å². The first kappa shape index (κ1) is 21.7. The van der Waals surface area contributed by atoms with Crippen molar-refractivity contribution < 1.29 is 23.1 Å². The van der Waals surface area contributed by atoms with Crippen molar-refractivity contribution in [3.05, 3.63) is 21.8 Å². The number of hydrogen-bond acceptors (Lipinski definition) is 7. The van der Waals surface area contributed by atoms with Crippen LogP contribution in [0.4, 0.5) is 19.7 Å². The van der Waals surface area contributed by atoms with Crippen molar-refractivity contribution in [2.24, 2.45) is 5.92 Å². The molecule has 0 saturated heterocycles. The molecular weight excluding hydrogens is 428 g/mol. The second kappa shape index (κ2) is 8.52. The predicted octanol–water partition coefficient (Wildman–Crippen LogP) is 3.90. The standard InChI is InChI=1S/C20H25F2N5O3S/c1-4-30-19(29)14-11-6-5-9(2)7-13(11)31-18(14)25-17(28)16-24-20-23-10(3)8-12(15(21)22)27(20)26-16/h9-10,12,15H,4-8H2,1-3H3,(H,25,28)(H,23,24,26)/t9-,10+,12+/m0/s1. The monoisotopic (exact) mass is 453 g/mol. The molecule has 4 rings (SSSR count). The number of halogens is 2. The SMILES string of the molecule is CCOC(=O)c1c(NC(=O)c2nc3n(n2)[C@@H](C(F)F)C[C@@H](C)N3)sc2c1CC[C@H](C)C2. The van der Waals surface area contributed by atoms with Gasteiger partial charge in [0.15, 0.2) is 0 Å². The van der Waals surface area contributed by atoms with E-state index in [1.165, 1.54) is 11.3 Å². The number of nitrogens with one attached hydrogen (secondary N) is 2. The second-order valence-corrected chi connectivity index (χ2v) is 9.22. The van der Waals surface area contributed by atoms with Gasteiger partial charge in [-0.05, 0) is 51.0 Å². The molecule has 0 bridgehead atoms. The molecule has 0 saturated carbocycles. The highest BCUT2D eigenvalue weighted by atomic mass is 32.1. The summed E-state index contributed by atoms with van der Waals surface area (Å²) in [6, 6.07) is -1.36. The summed E-state index contributed by atoms with van der Waals surface area (Å²) in [7, 11) is 0. The van der Waals surface area contributed by atoms with E-state index in [4.69, 9.17) is 4.74 Å². The number of hydrogen-bond donors (Lipinski definition) is 2. The molecule has 11 heteroatoms. The average molecular weight is 454 g/mol. The van der Waals surface area contributed by atoms with Crippen LogP contribution in [0, 0.1) is 5.92 Å². The van der Waals surface area contributed by atoms with Crippen molar-refractivity contribution in [2.75, 3.05) is 17.2 Å². The van der Waals surface area contributed by atoms with Gasteiger partial charge in [0.1, 0.15) is 11.0 Å². The Labute approximate surface area is 182 Å². The van der Waals surface area contributed by atoms with E-state index in [1.807, 2.05) is 0 Å². The minimum Gasteiger partial charge on any atom is -0.462 e. The molecule has 3 atom stereocenters. The van der Waals surface area contributed by atoms with Gasteiger partial charge in [-0.3, -0.25) is 4.79 Å². The Morgan fingerprint density at radius 1 is 1.39 bits per heavy atom. The summed E-state index contributed by atoms with van der Waals surface area (Å²) in [6.07, 6.45) is 0.0842. The molecule has 0 unspecified atom stereocenters. The Morgan fingerprint density at radius 3 is 2.87 bits per heavy atom. The molecule has 168 valence electrons. The lowest BCUT2D eigenvalue weighted by Gasteiger charge is -2.28. The van der Waals surface area contributed by atoms with Crippen LogP contribution in [-0.4, -0.2) is 45.7 Å². The molecule has 0 radical (unpaired) electrons. The maximum Gasteiger partial charge on any atom is 0.341 e. The highest BCUT2D eigenvalue weighted by Crippen LogP contribution is 2.40. The summed E-state index contributed by atoms with van der Waals surface area (Å²) in [6.45, 7) is 5.87. The summed E-state index contributed by atoms with van der Waals surface area (Å²) >= 11 is 1.35. The highest BCUT2D eigenvalue weighted by molar-refractivity contribution is 7.17. The Balaban J connectivity index is 1.64. The fourth-order valence-corrected chi connectivity index (χ4v) is 5.51. The number of nitrogens with zero attached hydrogens (tertiary/aromatic N) is 3. The number of rotatable bonds is 5. The van der Waals surface area contributed by atoms with Crippen LogP contribution in [0.2, 0.25) is 0 Å². The number of aromatic nitrogens is 3.